The standard InChI is InChI=1S/C21H28N4O4S/c1-2-25-19(26)18(30-20(25)17(13-22)21(27)28)14-23-15-6-5-7-16(12-15)29-11-10-24-8-3-4-9-24/h5-7,12,17-18,20,23H,2-4,8-11,14H2,1H3,(H,27,28). The van der Waals surface area contributed by atoms with Gasteiger partial charge < -0.3 is 20.1 Å². The van der Waals surface area contributed by atoms with E-state index < -0.39 is 22.5 Å². The van der Waals surface area contributed by atoms with Crippen molar-refractivity contribution in [3.05, 3.63) is 24.3 Å². The third-order valence-electron chi connectivity index (χ3n) is 5.40. The molecular weight excluding hydrogens is 404 g/mol. The van der Waals surface area contributed by atoms with Gasteiger partial charge in [-0.05, 0) is 45.0 Å². The number of rotatable bonds is 10. The Kier molecular flexibility index (Phi) is 7.82. The maximum absolute atomic E-state index is 12.7. The van der Waals surface area contributed by atoms with Gasteiger partial charge in [-0.25, -0.2) is 0 Å². The number of amides is 1. The number of carbonyl (C=O) groups is 2. The van der Waals surface area contributed by atoms with Gasteiger partial charge in [-0.15, -0.1) is 11.8 Å². The molecule has 0 spiro atoms. The number of carboxylic acid groups (broad SMARTS) is 1. The molecule has 0 aliphatic carbocycles. The summed E-state index contributed by atoms with van der Waals surface area (Å²) in [6, 6.07) is 9.42. The van der Waals surface area contributed by atoms with E-state index in [4.69, 9.17) is 4.74 Å². The van der Waals surface area contributed by atoms with Crippen LogP contribution >= 0.6 is 11.8 Å². The Morgan fingerprint density at radius 2 is 2.20 bits per heavy atom. The van der Waals surface area contributed by atoms with Crippen LogP contribution in [-0.2, 0) is 9.59 Å². The van der Waals surface area contributed by atoms with E-state index in [0.717, 1.165) is 31.1 Å². The maximum Gasteiger partial charge on any atom is 0.323 e. The molecule has 2 saturated heterocycles. The van der Waals surface area contributed by atoms with Crippen molar-refractivity contribution in [3.63, 3.8) is 0 Å². The van der Waals surface area contributed by atoms with Crippen molar-refractivity contribution in [2.45, 2.75) is 30.4 Å². The first-order valence-corrected chi connectivity index (χ1v) is 11.2. The number of nitrogens with one attached hydrogen (secondary N) is 1. The van der Waals surface area contributed by atoms with E-state index in [2.05, 4.69) is 10.2 Å². The molecular formula is C21H28N4O4S. The predicted molar refractivity (Wildman–Crippen MR) is 115 cm³/mol. The third kappa shape index (κ3) is 5.37. The summed E-state index contributed by atoms with van der Waals surface area (Å²) >= 11 is 1.24. The van der Waals surface area contributed by atoms with Crippen LogP contribution in [0.3, 0.4) is 0 Å². The molecule has 0 bridgehead atoms. The number of carbonyl (C=O) groups excluding carboxylic acids is 1. The molecule has 1 aromatic carbocycles. The summed E-state index contributed by atoms with van der Waals surface area (Å²) in [7, 11) is 0. The van der Waals surface area contributed by atoms with E-state index in [9.17, 15) is 20.0 Å². The molecule has 2 heterocycles. The van der Waals surface area contributed by atoms with E-state index in [-0.39, 0.29) is 5.91 Å². The molecule has 30 heavy (non-hydrogen) atoms. The molecule has 0 radical (unpaired) electrons. The topological polar surface area (TPSA) is 106 Å². The van der Waals surface area contributed by atoms with Gasteiger partial charge in [0.25, 0.3) is 0 Å². The molecule has 1 aromatic rings. The van der Waals surface area contributed by atoms with Gasteiger partial charge in [-0.2, -0.15) is 5.26 Å². The number of ether oxygens (including phenoxy) is 1. The SMILES string of the molecule is CCN1C(=O)C(CNc2cccc(OCCN3CCCC3)c2)SC1C(C#N)C(=O)O. The molecule has 0 aromatic heterocycles. The van der Waals surface area contributed by atoms with Gasteiger partial charge >= 0.3 is 5.97 Å². The molecule has 1 amide bonds. The van der Waals surface area contributed by atoms with Gasteiger partial charge in [0, 0.05) is 31.4 Å². The first-order chi connectivity index (χ1) is 14.5. The normalized spacial score (nSPS) is 22.7. The highest BCUT2D eigenvalue weighted by atomic mass is 32.2. The average Bonchev–Trinajstić information content (AvgIpc) is 3.35. The monoisotopic (exact) mass is 432 g/mol. The smallest absolute Gasteiger partial charge is 0.323 e. The molecule has 3 atom stereocenters. The highest BCUT2D eigenvalue weighted by Gasteiger charge is 2.45. The Morgan fingerprint density at radius 3 is 2.87 bits per heavy atom. The van der Waals surface area contributed by atoms with Crippen LogP contribution in [0.15, 0.2) is 24.3 Å². The number of benzene rings is 1. The van der Waals surface area contributed by atoms with E-state index in [1.807, 2.05) is 30.3 Å². The average molecular weight is 433 g/mol. The van der Waals surface area contributed by atoms with Crippen molar-refractivity contribution in [2.75, 3.05) is 44.6 Å². The Morgan fingerprint density at radius 1 is 1.43 bits per heavy atom. The number of carboxylic acids is 1. The van der Waals surface area contributed by atoms with Gasteiger partial charge in [-0.3, -0.25) is 14.5 Å². The zero-order valence-corrected chi connectivity index (χ0v) is 17.9. The Bertz CT molecular complexity index is 793. The van der Waals surface area contributed by atoms with Crippen LogP contribution in [0.1, 0.15) is 19.8 Å². The quantitative estimate of drug-likeness (QED) is 0.579. The number of likely N-dealkylation sites (tertiary alicyclic amines) is 1. The lowest BCUT2D eigenvalue weighted by molar-refractivity contribution is -0.141. The molecule has 2 fully saturated rings. The minimum absolute atomic E-state index is 0.139. The van der Waals surface area contributed by atoms with Gasteiger partial charge in [0.1, 0.15) is 23.0 Å². The Balaban J connectivity index is 1.53. The van der Waals surface area contributed by atoms with Crippen molar-refractivity contribution in [1.29, 1.82) is 5.26 Å². The molecule has 162 valence electrons. The lowest BCUT2D eigenvalue weighted by Gasteiger charge is -2.23. The molecule has 8 nitrogen and oxygen atoms in total. The number of anilines is 1. The molecule has 2 N–H and O–H groups in total. The summed E-state index contributed by atoms with van der Waals surface area (Å²) in [5.41, 5.74) is 0.837. The van der Waals surface area contributed by atoms with Crippen LogP contribution in [-0.4, -0.2) is 76.7 Å². The Hall–Kier alpha value is -2.44. The lowest BCUT2D eigenvalue weighted by atomic mass is 10.1. The summed E-state index contributed by atoms with van der Waals surface area (Å²) in [6.07, 6.45) is 2.52. The molecule has 2 aliphatic heterocycles. The number of hydrogen-bond acceptors (Lipinski definition) is 7. The summed E-state index contributed by atoms with van der Waals surface area (Å²) in [5.74, 6) is -1.81. The minimum atomic E-state index is -1.24. The summed E-state index contributed by atoms with van der Waals surface area (Å²) in [5, 5.41) is 20.6. The van der Waals surface area contributed by atoms with Gasteiger partial charge in [0.05, 0.1) is 6.07 Å². The predicted octanol–water partition coefficient (Wildman–Crippen LogP) is 2.09. The van der Waals surface area contributed by atoms with Crippen LogP contribution in [0, 0.1) is 17.2 Å². The van der Waals surface area contributed by atoms with Crippen molar-refractivity contribution in [3.8, 4) is 11.8 Å². The van der Waals surface area contributed by atoms with Crippen LogP contribution in [0.25, 0.3) is 0 Å². The second-order valence-electron chi connectivity index (χ2n) is 7.39. The second-order valence-corrected chi connectivity index (χ2v) is 8.71. The van der Waals surface area contributed by atoms with E-state index >= 15 is 0 Å². The van der Waals surface area contributed by atoms with E-state index in [1.54, 1.807) is 6.92 Å². The molecule has 0 saturated carbocycles. The largest absolute Gasteiger partial charge is 0.492 e. The number of thioether (sulfide) groups is 1. The van der Waals surface area contributed by atoms with Crippen LogP contribution in [0.2, 0.25) is 0 Å². The summed E-state index contributed by atoms with van der Waals surface area (Å²) in [4.78, 5) is 27.9. The number of nitriles is 1. The van der Waals surface area contributed by atoms with Gasteiger partial charge in [0.2, 0.25) is 5.91 Å². The fourth-order valence-electron chi connectivity index (χ4n) is 3.79. The first-order valence-electron chi connectivity index (χ1n) is 10.3. The number of aliphatic carboxylic acids is 1. The molecule has 2 aliphatic rings. The van der Waals surface area contributed by atoms with Gasteiger partial charge in [-0.1, -0.05) is 6.07 Å². The van der Waals surface area contributed by atoms with Crippen molar-refractivity contribution >= 4 is 29.3 Å². The van der Waals surface area contributed by atoms with Crippen molar-refractivity contribution in [1.82, 2.24) is 9.80 Å². The van der Waals surface area contributed by atoms with E-state index in [1.165, 1.54) is 29.5 Å². The number of nitrogens with zero attached hydrogens (tertiary/aromatic N) is 3. The van der Waals surface area contributed by atoms with Crippen LogP contribution < -0.4 is 10.1 Å². The zero-order valence-electron chi connectivity index (χ0n) is 17.1. The number of hydrogen-bond donors (Lipinski definition) is 2. The van der Waals surface area contributed by atoms with Crippen LogP contribution in [0.5, 0.6) is 5.75 Å². The second kappa shape index (κ2) is 10.5. The fourth-order valence-corrected chi connectivity index (χ4v) is 5.29. The Labute approximate surface area is 181 Å². The van der Waals surface area contributed by atoms with Crippen molar-refractivity contribution in [2.24, 2.45) is 5.92 Å². The third-order valence-corrected chi connectivity index (χ3v) is 6.90. The lowest BCUT2D eigenvalue weighted by Crippen LogP contribution is -2.40. The van der Waals surface area contributed by atoms with Gasteiger partial charge in [0.15, 0.2) is 5.92 Å². The van der Waals surface area contributed by atoms with Crippen LogP contribution in [0.4, 0.5) is 5.69 Å². The highest BCUT2D eigenvalue weighted by Crippen LogP contribution is 2.36. The zero-order chi connectivity index (χ0) is 21.5. The highest BCUT2D eigenvalue weighted by molar-refractivity contribution is 8.01. The maximum atomic E-state index is 12.7. The molecule has 3 rings (SSSR count). The first kappa shape index (κ1) is 22.2. The minimum Gasteiger partial charge on any atom is -0.492 e. The molecule has 9 heteroatoms. The van der Waals surface area contributed by atoms with E-state index in [0.29, 0.717) is 19.7 Å². The fraction of sp³-hybridized carbons (Fsp3) is 0.571. The summed E-state index contributed by atoms with van der Waals surface area (Å²) in [6.45, 7) is 6.36. The summed E-state index contributed by atoms with van der Waals surface area (Å²) < 4.78 is 5.86. The molecule has 3 unspecified atom stereocenters. The van der Waals surface area contributed by atoms with Crippen molar-refractivity contribution < 1.29 is 19.4 Å².